The van der Waals surface area contributed by atoms with Crippen LogP contribution in [-0.2, 0) is 10.0 Å². The first kappa shape index (κ1) is 22.3. The first-order valence-corrected chi connectivity index (χ1v) is 11.7. The third-order valence-corrected chi connectivity index (χ3v) is 6.58. The number of piperazine rings is 1. The zero-order chi connectivity index (χ0) is 21.6. The quantitative estimate of drug-likeness (QED) is 0.693. The largest absolute Gasteiger partial charge is 0.494 e. The molecule has 0 bridgehead atoms. The van der Waals surface area contributed by atoms with Crippen molar-refractivity contribution in [3.05, 3.63) is 59.7 Å². The Balaban J connectivity index is 1.46. The Morgan fingerprint density at radius 2 is 1.77 bits per heavy atom. The van der Waals surface area contributed by atoms with Crippen molar-refractivity contribution in [2.45, 2.75) is 18.7 Å². The van der Waals surface area contributed by atoms with Gasteiger partial charge in [-0.05, 0) is 44.2 Å². The van der Waals surface area contributed by atoms with Gasteiger partial charge in [-0.1, -0.05) is 23.8 Å². The van der Waals surface area contributed by atoms with Gasteiger partial charge in [0.2, 0.25) is 10.0 Å². The molecule has 1 N–H and O–H groups in total. The van der Waals surface area contributed by atoms with E-state index in [4.69, 9.17) is 4.74 Å². The molecule has 1 heterocycles. The van der Waals surface area contributed by atoms with Crippen LogP contribution in [0.4, 0.5) is 0 Å². The minimum atomic E-state index is -3.50. The minimum Gasteiger partial charge on any atom is -0.494 e. The number of carbonyl (C=O) groups excluding carboxylic acids is 1. The van der Waals surface area contributed by atoms with Gasteiger partial charge in [-0.25, -0.2) is 13.1 Å². The number of ether oxygens (including phenoxy) is 1. The minimum absolute atomic E-state index is 0.00345. The number of hydrogen-bond donors (Lipinski definition) is 1. The molecule has 0 spiro atoms. The fourth-order valence-corrected chi connectivity index (χ4v) is 4.40. The maximum absolute atomic E-state index is 12.7. The van der Waals surface area contributed by atoms with Gasteiger partial charge in [0.25, 0.3) is 5.91 Å². The highest BCUT2D eigenvalue weighted by Crippen LogP contribution is 2.16. The molecule has 1 aliphatic heterocycles. The van der Waals surface area contributed by atoms with Gasteiger partial charge in [0.15, 0.2) is 0 Å². The molecule has 30 heavy (non-hydrogen) atoms. The molecule has 2 aromatic carbocycles. The molecule has 1 saturated heterocycles. The fraction of sp³-hybridized carbons (Fsp3) is 0.409. The lowest BCUT2D eigenvalue weighted by Gasteiger charge is -2.34. The lowest BCUT2D eigenvalue weighted by Crippen LogP contribution is -2.50. The normalized spacial score (nSPS) is 15.2. The van der Waals surface area contributed by atoms with Gasteiger partial charge in [0, 0.05) is 44.8 Å². The van der Waals surface area contributed by atoms with Gasteiger partial charge >= 0.3 is 0 Å². The van der Waals surface area contributed by atoms with Crippen LogP contribution in [0.1, 0.15) is 22.8 Å². The van der Waals surface area contributed by atoms with Gasteiger partial charge in [-0.15, -0.1) is 0 Å². The fourth-order valence-electron chi connectivity index (χ4n) is 3.38. The Morgan fingerprint density at radius 1 is 1.07 bits per heavy atom. The molecule has 0 radical (unpaired) electrons. The highest BCUT2D eigenvalue weighted by molar-refractivity contribution is 7.89. The van der Waals surface area contributed by atoms with E-state index >= 15 is 0 Å². The number of amides is 1. The number of aryl methyl sites for hydroxylation is 1. The SMILES string of the molecule is CCOc1cccc(C(=O)N2CCN(CCNS(=O)(=O)c3ccc(C)cc3)CC2)c1. The highest BCUT2D eigenvalue weighted by atomic mass is 32.2. The first-order chi connectivity index (χ1) is 14.4. The molecule has 0 aromatic heterocycles. The van der Waals surface area contributed by atoms with E-state index in [1.165, 1.54) is 0 Å². The molecule has 1 aliphatic rings. The third kappa shape index (κ3) is 5.81. The van der Waals surface area contributed by atoms with Crippen LogP contribution in [0.5, 0.6) is 5.75 Å². The van der Waals surface area contributed by atoms with E-state index < -0.39 is 10.0 Å². The van der Waals surface area contributed by atoms with E-state index in [9.17, 15) is 13.2 Å². The van der Waals surface area contributed by atoms with Gasteiger partial charge in [-0.3, -0.25) is 9.69 Å². The van der Waals surface area contributed by atoms with E-state index in [0.29, 0.717) is 57.2 Å². The second-order valence-corrected chi connectivity index (χ2v) is 9.07. The number of carbonyl (C=O) groups is 1. The van der Waals surface area contributed by atoms with Gasteiger partial charge in [0.1, 0.15) is 5.75 Å². The summed E-state index contributed by atoms with van der Waals surface area (Å²) in [6, 6.07) is 14.1. The van der Waals surface area contributed by atoms with E-state index in [1.54, 1.807) is 36.4 Å². The molecule has 162 valence electrons. The molecule has 1 amide bonds. The van der Waals surface area contributed by atoms with Gasteiger partial charge < -0.3 is 9.64 Å². The third-order valence-electron chi connectivity index (χ3n) is 5.10. The van der Waals surface area contributed by atoms with Crippen molar-refractivity contribution in [3.8, 4) is 5.75 Å². The molecule has 0 aliphatic carbocycles. The Hall–Kier alpha value is -2.42. The van der Waals surface area contributed by atoms with Crippen molar-refractivity contribution in [1.82, 2.24) is 14.5 Å². The zero-order valence-corrected chi connectivity index (χ0v) is 18.3. The standard InChI is InChI=1S/C22H29N3O4S/c1-3-29-20-6-4-5-19(17-20)22(26)25-15-13-24(14-16-25)12-11-23-30(27,28)21-9-7-18(2)8-10-21/h4-10,17,23H,3,11-16H2,1-2H3. The van der Waals surface area contributed by atoms with Crippen LogP contribution in [0.2, 0.25) is 0 Å². The molecular formula is C22H29N3O4S. The van der Waals surface area contributed by atoms with Crippen LogP contribution in [0.25, 0.3) is 0 Å². The monoisotopic (exact) mass is 431 g/mol. The van der Waals surface area contributed by atoms with Crippen molar-refractivity contribution in [1.29, 1.82) is 0 Å². The Labute approximate surface area is 178 Å². The second-order valence-electron chi connectivity index (χ2n) is 7.31. The Kier molecular flexibility index (Phi) is 7.47. The topological polar surface area (TPSA) is 79.0 Å². The number of benzene rings is 2. The molecule has 2 aromatic rings. The maximum atomic E-state index is 12.7. The van der Waals surface area contributed by atoms with Crippen LogP contribution < -0.4 is 9.46 Å². The van der Waals surface area contributed by atoms with Gasteiger partial charge in [-0.2, -0.15) is 0 Å². The molecule has 1 fully saturated rings. The zero-order valence-electron chi connectivity index (χ0n) is 17.5. The summed E-state index contributed by atoms with van der Waals surface area (Å²) in [6.07, 6.45) is 0. The summed E-state index contributed by atoms with van der Waals surface area (Å²) in [5, 5.41) is 0. The summed E-state index contributed by atoms with van der Waals surface area (Å²) in [7, 11) is -3.50. The lowest BCUT2D eigenvalue weighted by molar-refractivity contribution is 0.0639. The number of rotatable bonds is 8. The van der Waals surface area contributed by atoms with Crippen LogP contribution in [-0.4, -0.2) is 70.0 Å². The molecule has 7 nitrogen and oxygen atoms in total. The van der Waals surface area contributed by atoms with E-state index in [0.717, 1.165) is 5.56 Å². The summed E-state index contributed by atoms with van der Waals surface area (Å²) >= 11 is 0. The van der Waals surface area contributed by atoms with Crippen LogP contribution >= 0.6 is 0 Å². The molecule has 3 rings (SSSR count). The number of hydrogen-bond acceptors (Lipinski definition) is 5. The van der Waals surface area contributed by atoms with Crippen molar-refractivity contribution in [3.63, 3.8) is 0 Å². The summed E-state index contributed by atoms with van der Waals surface area (Å²) in [4.78, 5) is 17.0. The predicted molar refractivity (Wildman–Crippen MR) is 116 cm³/mol. The van der Waals surface area contributed by atoms with Gasteiger partial charge in [0.05, 0.1) is 11.5 Å². The number of sulfonamides is 1. The number of nitrogens with one attached hydrogen (secondary N) is 1. The predicted octanol–water partition coefficient (Wildman–Crippen LogP) is 2.13. The van der Waals surface area contributed by atoms with Crippen molar-refractivity contribution >= 4 is 15.9 Å². The molecule has 0 saturated carbocycles. The molecular weight excluding hydrogens is 402 g/mol. The van der Waals surface area contributed by atoms with Crippen molar-refractivity contribution in [2.75, 3.05) is 45.9 Å². The molecule has 0 unspecified atom stereocenters. The maximum Gasteiger partial charge on any atom is 0.254 e. The van der Waals surface area contributed by atoms with Crippen molar-refractivity contribution < 1.29 is 17.9 Å². The summed E-state index contributed by atoms with van der Waals surface area (Å²) in [6.45, 7) is 7.98. The number of nitrogens with zero attached hydrogens (tertiary/aromatic N) is 2. The lowest BCUT2D eigenvalue weighted by atomic mass is 10.1. The van der Waals surface area contributed by atoms with E-state index in [2.05, 4.69) is 9.62 Å². The van der Waals surface area contributed by atoms with Crippen molar-refractivity contribution in [2.24, 2.45) is 0 Å². The van der Waals surface area contributed by atoms with Crippen LogP contribution in [0.3, 0.4) is 0 Å². The summed E-state index contributed by atoms with van der Waals surface area (Å²) < 4.78 is 32.9. The van der Waals surface area contributed by atoms with Crippen LogP contribution in [0.15, 0.2) is 53.4 Å². The average Bonchev–Trinajstić information content (AvgIpc) is 2.74. The smallest absolute Gasteiger partial charge is 0.254 e. The summed E-state index contributed by atoms with van der Waals surface area (Å²) in [5.41, 5.74) is 1.64. The van der Waals surface area contributed by atoms with E-state index in [1.807, 2.05) is 30.9 Å². The molecule has 0 atom stereocenters. The Morgan fingerprint density at radius 3 is 2.43 bits per heavy atom. The van der Waals surface area contributed by atoms with E-state index in [-0.39, 0.29) is 10.8 Å². The molecule has 8 heteroatoms. The Bertz CT molecular complexity index is 953. The highest BCUT2D eigenvalue weighted by Gasteiger charge is 2.22. The first-order valence-electron chi connectivity index (χ1n) is 10.2. The second kappa shape index (κ2) is 10.1. The van der Waals surface area contributed by atoms with Crippen LogP contribution in [0, 0.1) is 6.92 Å². The average molecular weight is 432 g/mol. The summed E-state index contributed by atoms with van der Waals surface area (Å²) in [5.74, 6) is 0.694.